The number of furan rings is 1. The van der Waals surface area contributed by atoms with Gasteiger partial charge in [0, 0.05) is 39.2 Å². The van der Waals surface area contributed by atoms with Crippen molar-refractivity contribution < 1.29 is 4.42 Å². The molecule has 0 saturated heterocycles. The average molecular weight is 841 g/mol. The van der Waals surface area contributed by atoms with Crippen LogP contribution in [0.1, 0.15) is 22.3 Å². The van der Waals surface area contributed by atoms with Crippen molar-refractivity contribution in [3.8, 4) is 22.3 Å². The Morgan fingerprint density at radius 2 is 0.864 bits per heavy atom. The molecular formula is C63H40N2O. The molecule has 2 aliphatic carbocycles. The fourth-order valence-electron chi connectivity index (χ4n) is 11.6. The Morgan fingerprint density at radius 3 is 1.48 bits per heavy atom. The Bertz CT molecular complexity index is 3750. The quantitative estimate of drug-likeness (QED) is 0.166. The zero-order valence-corrected chi connectivity index (χ0v) is 35.9. The van der Waals surface area contributed by atoms with Crippen molar-refractivity contribution in [2.24, 2.45) is 0 Å². The van der Waals surface area contributed by atoms with Gasteiger partial charge in [-0.15, -0.1) is 0 Å². The summed E-state index contributed by atoms with van der Waals surface area (Å²) >= 11 is 0. The van der Waals surface area contributed by atoms with Crippen LogP contribution < -0.4 is 9.80 Å². The minimum absolute atomic E-state index is 0.572. The highest BCUT2D eigenvalue weighted by atomic mass is 16.3. The first-order chi connectivity index (χ1) is 32.8. The molecule has 308 valence electrons. The lowest BCUT2D eigenvalue weighted by molar-refractivity contribution is 0.669. The molecule has 1 spiro atoms. The molecule has 0 bridgehead atoms. The second kappa shape index (κ2) is 14.2. The first kappa shape index (κ1) is 36.8. The van der Waals surface area contributed by atoms with Gasteiger partial charge in [0.1, 0.15) is 5.58 Å². The minimum Gasteiger partial charge on any atom is -0.454 e. The van der Waals surface area contributed by atoms with Crippen molar-refractivity contribution in [1.29, 1.82) is 0 Å². The number of hydrogen-bond acceptors (Lipinski definition) is 3. The Labute approximate surface area is 382 Å². The van der Waals surface area contributed by atoms with Gasteiger partial charge in [0.25, 0.3) is 0 Å². The summed E-state index contributed by atoms with van der Waals surface area (Å²) in [6.45, 7) is 0. The molecule has 2 aliphatic rings. The lowest BCUT2D eigenvalue weighted by atomic mass is 9.69. The topological polar surface area (TPSA) is 19.6 Å². The van der Waals surface area contributed by atoms with Crippen molar-refractivity contribution in [1.82, 2.24) is 0 Å². The summed E-state index contributed by atoms with van der Waals surface area (Å²) in [4.78, 5) is 4.71. The monoisotopic (exact) mass is 840 g/mol. The Kier molecular flexibility index (Phi) is 7.90. The number of rotatable bonds is 6. The van der Waals surface area contributed by atoms with Crippen LogP contribution in [0, 0.1) is 0 Å². The molecule has 0 radical (unpaired) electrons. The van der Waals surface area contributed by atoms with Crippen LogP contribution in [0.5, 0.6) is 0 Å². The largest absolute Gasteiger partial charge is 0.454 e. The van der Waals surface area contributed by atoms with Crippen molar-refractivity contribution in [2.45, 2.75) is 5.41 Å². The molecule has 0 aliphatic heterocycles. The number of benzene rings is 11. The molecule has 1 aromatic heterocycles. The summed E-state index contributed by atoms with van der Waals surface area (Å²) in [6, 6.07) is 88.6. The first-order valence-electron chi connectivity index (χ1n) is 22.8. The van der Waals surface area contributed by atoms with Crippen LogP contribution >= 0.6 is 0 Å². The predicted octanol–water partition coefficient (Wildman–Crippen LogP) is 17.2. The summed E-state index contributed by atoms with van der Waals surface area (Å²) in [6.07, 6.45) is 0. The summed E-state index contributed by atoms with van der Waals surface area (Å²) in [7, 11) is 0. The van der Waals surface area contributed by atoms with Crippen LogP contribution in [-0.4, -0.2) is 0 Å². The van der Waals surface area contributed by atoms with Crippen LogP contribution in [0.25, 0.3) is 65.7 Å². The summed E-state index contributed by atoms with van der Waals surface area (Å²) < 4.78 is 7.00. The van der Waals surface area contributed by atoms with E-state index in [1.165, 1.54) is 66.1 Å². The third-order valence-electron chi connectivity index (χ3n) is 14.2. The van der Waals surface area contributed by atoms with E-state index in [2.05, 4.69) is 252 Å². The van der Waals surface area contributed by atoms with Gasteiger partial charge >= 0.3 is 0 Å². The summed E-state index contributed by atoms with van der Waals surface area (Å²) in [5, 5.41) is 7.04. The van der Waals surface area contributed by atoms with E-state index in [0.29, 0.717) is 0 Å². The van der Waals surface area contributed by atoms with Crippen molar-refractivity contribution >= 4 is 77.6 Å². The highest BCUT2D eigenvalue weighted by molar-refractivity contribution is 6.24. The third-order valence-corrected chi connectivity index (χ3v) is 14.2. The number of nitrogens with zero attached hydrogens (tertiary/aromatic N) is 2. The van der Waals surface area contributed by atoms with Gasteiger partial charge in [0.05, 0.1) is 11.1 Å². The van der Waals surface area contributed by atoms with Crippen LogP contribution in [-0.2, 0) is 5.41 Å². The minimum atomic E-state index is -0.572. The lowest BCUT2D eigenvalue weighted by Crippen LogP contribution is -2.26. The second-order valence-corrected chi connectivity index (χ2v) is 17.6. The molecular weight excluding hydrogens is 801 g/mol. The van der Waals surface area contributed by atoms with Crippen LogP contribution in [0.3, 0.4) is 0 Å². The molecule has 3 nitrogen and oxygen atoms in total. The standard InChI is InChI=1S/C63H40N2O/c1-5-19-43(20-6-1)64(44-21-7-2-8-22-44)47-34-36-48-41(37-47)33-35-51-54-40-53-42(38-57(54)63(61(48)51)55-30-16-13-27-49(55)50-28-14-17-31-56(50)63)39-58(62-60(53)52-29-15-18-32-59(52)66-62)65(45-23-9-3-10-24-45)46-25-11-4-12-26-46/h1-40H. The normalized spacial score (nSPS) is 13.0. The van der Waals surface area contributed by atoms with E-state index in [9.17, 15) is 0 Å². The summed E-state index contributed by atoms with van der Waals surface area (Å²) in [5.74, 6) is 0. The van der Waals surface area contributed by atoms with Gasteiger partial charge in [-0.3, -0.25) is 0 Å². The summed E-state index contributed by atoms with van der Waals surface area (Å²) in [5.41, 5.74) is 18.0. The predicted molar refractivity (Wildman–Crippen MR) is 274 cm³/mol. The molecule has 14 rings (SSSR count). The van der Waals surface area contributed by atoms with E-state index < -0.39 is 5.41 Å². The second-order valence-electron chi connectivity index (χ2n) is 17.6. The highest BCUT2D eigenvalue weighted by Gasteiger charge is 2.52. The van der Waals surface area contributed by atoms with E-state index >= 15 is 0 Å². The smallest absolute Gasteiger partial charge is 0.160 e. The van der Waals surface area contributed by atoms with E-state index in [4.69, 9.17) is 4.42 Å². The van der Waals surface area contributed by atoms with Gasteiger partial charge in [-0.2, -0.15) is 0 Å². The fourth-order valence-corrected chi connectivity index (χ4v) is 11.6. The molecule has 3 heteroatoms. The van der Waals surface area contributed by atoms with Gasteiger partial charge in [0.2, 0.25) is 0 Å². The number of hydrogen-bond donors (Lipinski definition) is 0. The fraction of sp³-hybridized carbons (Fsp3) is 0.0159. The maximum atomic E-state index is 7.00. The van der Waals surface area contributed by atoms with Crippen LogP contribution in [0.4, 0.5) is 34.1 Å². The molecule has 0 atom stereocenters. The van der Waals surface area contributed by atoms with Crippen LogP contribution in [0.2, 0.25) is 0 Å². The molecule has 0 amide bonds. The lowest BCUT2D eigenvalue weighted by Gasteiger charge is -2.32. The van der Waals surface area contributed by atoms with Crippen molar-refractivity contribution in [3.63, 3.8) is 0 Å². The van der Waals surface area contributed by atoms with Crippen LogP contribution in [0.15, 0.2) is 247 Å². The number of fused-ring (bicyclic) bond motifs is 17. The number of para-hydroxylation sites is 5. The Balaban J connectivity index is 1.09. The average Bonchev–Trinajstić information content (AvgIpc) is 4.02. The molecule has 11 aromatic carbocycles. The van der Waals surface area contributed by atoms with Gasteiger partial charge in [-0.1, -0.05) is 158 Å². The molecule has 1 heterocycles. The molecule has 0 unspecified atom stereocenters. The highest BCUT2D eigenvalue weighted by Crippen LogP contribution is 2.65. The van der Waals surface area contributed by atoms with E-state index in [1.54, 1.807) is 0 Å². The number of anilines is 6. The third kappa shape index (κ3) is 5.14. The molecule has 0 N–H and O–H groups in total. The van der Waals surface area contributed by atoms with Gasteiger partial charge in [-0.25, -0.2) is 0 Å². The SMILES string of the molecule is c1ccc(N(c2ccccc2)c2ccc3c4c(ccc3c2)-c2cc3c(cc2C42c4ccccc4-c4ccccc42)cc(N(c2ccccc2)c2ccccc2)c2oc4ccccc4c23)cc1. The van der Waals surface area contributed by atoms with Gasteiger partial charge in [0.15, 0.2) is 5.58 Å². The molecule has 12 aromatic rings. The van der Waals surface area contributed by atoms with E-state index in [1.807, 2.05) is 0 Å². The Morgan fingerprint density at radius 1 is 0.318 bits per heavy atom. The Hall–Kier alpha value is -8.66. The molecule has 0 saturated carbocycles. The van der Waals surface area contributed by atoms with Crippen molar-refractivity contribution in [3.05, 3.63) is 265 Å². The maximum Gasteiger partial charge on any atom is 0.160 e. The zero-order chi connectivity index (χ0) is 43.3. The maximum absolute atomic E-state index is 7.00. The zero-order valence-electron chi connectivity index (χ0n) is 35.9. The van der Waals surface area contributed by atoms with Gasteiger partial charge < -0.3 is 14.2 Å². The van der Waals surface area contributed by atoms with Crippen molar-refractivity contribution in [2.75, 3.05) is 9.80 Å². The first-order valence-corrected chi connectivity index (χ1v) is 22.8. The molecule has 66 heavy (non-hydrogen) atoms. The molecule has 0 fully saturated rings. The van der Waals surface area contributed by atoms with E-state index in [0.717, 1.165) is 56.1 Å². The van der Waals surface area contributed by atoms with E-state index in [-0.39, 0.29) is 0 Å². The van der Waals surface area contributed by atoms with Gasteiger partial charge in [-0.05, 0) is 151 Å².